The summed E-state index contributed by atoms with van der Waals surface area (Å²) in [5, 5.41) is 11.9. The summed E-state index contributed by atoms with van der Waals surface area (Å²) in [5.41, 5.74) is 0.611. The number of hydrogen-bond donors (Lipinski definition) is 0. The number of nitrogens with zero attached hydrogens (tertiary/aromatic N) is 4. The molecule has 1 aliphatic heterocycles. The second-order valence-electron chi connectivity index (χ2n) is 4.50. The smallest absolute Gasteiger partial charge is 0.235 e. The number of fused-ring (bicyclic) bond motifs is 2. The maximum atomic E-state index is 12.3. The van der Waals surface area contributed by atoms with Crippen LogP contribution < -0.4 is 9.47 Å². The third-order valence-corrected chi connectivity index (χ3v) is 5.11. The summed E-state index contributed by atoms with van der Waals surface area (Å²) in [6, 6.07) is 5.26. The highest BCUT2D eigenvalue weighted by atomic mass is 32.2. The van der Waals surface area contributed by atoms with Gasteiger partial charge in [0.25, 0.3) is 0 Å². The second-order valence-corrected chi connectivity index (χ2v) is 6.67. The first-order valence-corrected chi connectivity index (χ1v) is 8.32. The van der Waals surface area contributed by atoms with Gasteiger partial charge in [0.2, 0.25) is 4.96 Å². The molecule has 2 aromatic heterocycles. The molecule has 7 nitrogen and oxygen atoms in total. The fraction of sp³-hybridized carbons (Fsp3) is 0.231. The molecule has 0 saturated carbocycles. The van der Waals surface area contributed by atoms with E-state index in [1.807, 2.05) is 0 Å². The van der Waals surface area contributed by atoms with Crippen molar-refractivity contribution < 1.29 is 14.3 Å². The van der Waals surface area contributed by atoms with Crippen LogP contribution >= 0.6 is 23.1 Å². The van der Waals surface area contributed by atoms with Crippen molar-refractivity contribution in [2.45, 2.75) is 4.34 Å². The molecule has 3 heterocycles. The second kappa shape index (κ2) is 5.58. The molecule has 1 aromatic carbocycles. The minimum absolute atomic E-state index is 0.0212. The zero-order chi connectivity index (χ0) is 14.9. The molecule has 112 valence electrons. The summed E-state index contributed by atoms with van der Waals surface area (Å²) >= 11 is 2.80. The van der Waals surface area contributed by atoms with Crippen LogP contribution in [0, 0.1) is 0 Å². The van der Waals surface area contributed by atoms with Gasteiger partial charge in [-0.3, -0.25) is 4.79 Å². The van der Waals surface area contributed by atoms with Gasteiger partial charge in [0.15, 0.2) is 21.6 Å². The number of hydrogen-bond acceptors (Lipinski definition) is 8. The molecule has 0 spiro atoms. The summed E-state index contributed by atoms with van der Waals surface area (Å²) in [7, 11) is 0. The van der Waals surface area contributed by atoms with Gasteiger partial charge in [-0.15, -0.1) is 15.3 Å². The first kappa shape index (κ1) is 13.5. The van der Waals surface area contributed by atoms with Gasteiger partial charge in [-0.1, -0.05) is 23.1 Å². The number of ether oxygens (including phenoxy) is 2. The van der Waals surface area contributed by atoms with Gasteiger partial charge in [-0.25, -0.2) is 0 Å². The predicted octanol–water partition coefficient (Wildman–Crippen LogP) is 1.93. The van der Waals surface area contributed by atoms with E-state index in [9.17, 15) is 4.79 Å². The number of carbonyl (C=O) groups is 1. The number of carbonyl (C=O) groups excluding carboxylic acids is 1. The fourth-order valence-electron chi connectivity index (χ4n) is 2.03. The van der Waals surface area contributed by atoms with Gasteiger partial charge < -0.3 is 9.47 Å². The number of ketones is 1. The Morgan fingerprint density at radius 3 is 3.05 bits per heavy atom. The summed E-state index contributed by atoms with van der Waals surface area (Å²) < 4.78 is 13.3. The van der Waals surface area contributed by atoms with Crippen molar-refractivity contribution in [3.8, 4) is 11.5 Å². The van der Waals surface area contributed by atoms with Gasteiger partial charge in [0.1, 0.15) is 19.5 Å². The van der Waals surface area contributed by atoms with Crippen molar-refractivity contribution in [1.82, 2.24) is 19.8 Å². The molecule has 0 bridgehead atoms. The molecule has 0 aliphatic carbocycles. The monoisotopic (exact) mass is 334 g/mol. The predicted molar refractivity (Wildman–Crippen MR) is 81.1 cm³/mol. The Morgan fingerprint density at radius 1 is 1.32 bits per heavy atom. The van der Waals surface area contributed by atoms with Gasteiger partial charge in [-0.2, -0.15) is 4.52 Å². The summed E-state index contributed by atoms with van der Waals surface area (Å²) in [6.07, 6.45) is 1.54. The minimum Gasteiger partial charge on any atom is -0.486 e. The van der Waals surface area contributed by atoms with Crippen molar-refractivity contribution >= 4 is 33.8 Å². The van der Waals surface area contributed by atoms with Crippen molar-refractivity contribution in [2.75, 3.05) is 19.0 Å². The number of aromatic nitrogens is 4. The van der Waals surface area contributed by atoms with E-state index in [1.54, 1.807) is 29.0 Å². The van der Waals surface area contributed by atoms with E-state index in [4.69, 9.17) is 9.47 Å². The van der Waals surface area contributed by atoms with Crippen LogP contribution in [0.1, 0.15) is 10.4 Å². The van der Waals surface area contributed by atoms with E-state index in [0.717, 1.165) is 4.34 Å². The lowest BCUT2D eigenvalue weighted by Crippen LogP contribution is -2.16. The molecule has 0 unspecified atom stereocenters. The number of rotatable bonds is 4. The molecule has 3 aromatic rings. The number of benzene rings is 1. The Bertz CT molecular complexity index is 816. The molecule has 1 aliphatic rings. The fourth-order valence-corrected chi connectivity index (χ4v) is 3.78. The van der Waals surface area contributed by atoms with Crippen molar-refractivity contribution in [1.29, 1.82) is 0 Å². The quantitative estimate of drug-likeness (QED) is 0.533. The first-order chi connectivity index (χ1) is 10.8. The molecule has 0 saturated heterocycles. The molecule has 22 heavy (non-hydrogen) atoms. The molecule has 9 heteroatoms. The van der Waals surface area contributed by atoms with E-state index < -0.39 is 0 Å². The highest BCUT2D eigenvalue weighted by molar-refractivity contribution is 8.01. The molecule has 4 rings (SSSR count). The van der Waals surface area contributed by atoms with Crippen molar-refractivity contribution in [2.24, 2.45) is 0 Å². The SMILES string of the molecule is O=C(CSc1nn2cnnc2s1)c1ccc2c(c1)OCCO2. The van der Waals surface area contributed by atoms with Crippen LogP contribution in [0.25, 0.3) is 4.96 Å². The summed E-state index contributed by atoms with van der Waals surface area (Å²) in [4.78, 5) is 13.0. The Morgan fingerprint density at radius 2 is 2.18 bits per heavy atom. The van der Waals surface area contributed by atoms with E-state index in [2.05, 4.69) is 15.3 Å². The van der Waals surface area contributed by atoms with Crippen LogP contribution in [0.4, 0.5) is 0 Å². The van der Waals surface area contributed by atoms with E-state index >= 15 is 0 Å². The molecular weight excluding hydrogens is 324 g/mol. The zero-order valence-corrected chi connectivity index (χ0v) is 12.9. The third-order valence-electron chi connectivity index (χ3n) is 3.06. The highest BCUT2D eigenvalue weighted by Crippen LogP contribution is 2.31. The van der Waals surface area contributed by atoms with Gasteiger partial charge >= 0.3 is 0 Å². The Hall–Kier alpha value is -2.13. The lowest BCUT2D eigenvalue weighted by Gasteiger charge is -2.18. The maximum absolute atomic E-state index is 12.3. The number of thioether (sulfide) groups is 1. The first-order valence-electron chi connectivity index (χ1n) is 6.52. The molecule has 0 atom stereocenters. The Kier molecular flexibility index (Phi) is 3.43. The van der Waals surface area contributed by atoms with Crippen LogP contribution in [0.3, 0.4) is 0 Å². The highest BCUT2D eigenvalue weighted by Gasteiger charge is 2.16. The molecule has 0 N–H and O–H groups in total. The van der Waals surface area contributed by atoms with Crippen LogP contribution in [-0.4, -0.2) is 44.6 Å². The van der Waals surface area contributed by atoms with E-state index in [0.29, 0.717) is 41.0 Å². The van der Waals surface area contributed by atoms with Gasteiger partial charge in [0.05, 0.1) is 5.75 Å². The third kappa shape index (κ3) is 2.53. The molecular formula is C13H10N4O3S2. The topological polar surface area (TPSA) is 78.6 Å². The van der Waals surface area contributed by atoms with Crippen LogP contribution in [0.5, 0.6) is 11.5 Å². The molecule has 0 amide bonds. The zero-order valence-electron chi connectivity index (χ0n) is 11.3. The van der Waals surface area contributed by atoms with Crippen molar-refractivity contribution in [3.05, 3.63) is 30.1 Å². The maximum Gasteiger partial charge on any atom is 0.235 e. The normalized spacial score (nSPS) is 13.5. The lowest BCUT2D eigenvalue weighted by molar-refractivity contribution is 0.102. The standard InChI is InChI=1S/C13H10N4O3S2/c18-9(6-21-13-16-17-7-14-15-12(17)22-13)8-1-2-10-11(5-8)20-4-3-19-10/h1-2,5,7H,3-4,6H2. The lowest BCUT2D eigenvalue weighted by atomic mass is 10.1. The van der Waals surface area contributed by atoms with Crippen LogP contribution in [0.15, 0.2) is 28.9 Å². The van der Waals surface area contributed by atoms with E-state index in [1.165, 1.54) is 23.1 Å². The van der Waals surface area contributed by atoms with Crippen molar-refractivity contribution in [3.63, 3.8) is 0 Å². The average Bonchev–Trinajstić information content (AvgIpc) is 3.13. The summed E-state index contributed by atoms with van der Waals surface area (Å²) in [6.45, 7) is 1.04. The molecule has 0 radical (unpaired) electrons. The number of Topliss-reactive ketones (excluding diaryl/α,β-unsaturated/α-hetero) is 1. The molecule has 0 fully saturated rings. The van der Waals surface area contributed by atoms with Crippen LogP contribution in [-0.2, 0) is 0 Å². The summed E-state index contributed by atoms with van der Waals surface area (Å²) in [5.74, 6) is 1.64. The van der Waals surface area contributed by atoms with Gasteiger partial charge in [-0.05, 0) is 18.2 Å². The Labute approximate surface area is 133 Å². The average molecular weight is 334 g/mol. The Balaban J connectivity index is 1.46. The largest absolute Gasteiger partial charge is 0.486 e. The van der Waals surface area contributed by atoms with Gasteiger partial charge in [0, 0.05) is 5.56 Å². The van der Waals surface area contributed by atoms with Crippen LogP contribution in [0.2, 0.25) is 0 Å². The minimum atomic E-state index is 0.0212. The van der Waals surface area contributed by atoms with E-state index in [-0.39, 0.29) is 5.78 Å².